The van der Waals surface area contributed by atoms with E-state index in [1.807, 2.05) is 6.92 Å². The summed E-state index contributed by atoms with van der Waals surface area (Å²) >= 11 is 2.65. The first-order chi connectivity index (χ1) is 11.5. The minimum Gasteiger partial charge on any atom is -0.493 e. The first kappa shape index (κ1) is 16.5. The first-order valence-electron chi connectivity index (χ1n) is 7.05. The van der Waals surface area contributed by atoms with Gasteiger partial charge < -0.3 is 10.5 Å². The molecule has 0 atom stereocenters. The van der Waals surface area contributed by atoms with Gasteiger partial charge in [0.25, 0.3) is 5.56 Å². The number of ketones is 1. The van der Waals surface area contributed by atoms with Crippen LogP contribution in [0.1, 0.15) is 12.5 Å². The smallest absolute Gasteiger partial charge is 0.283 e. The number of allylic oxidation sites excluding steroid dienone is 4. The lowest BCUT2D eigenvalue weighted by Crippen LogP contribution is -2.16. The number of ether oxygens (including phenoxy) is 1. The molecular formula is C15H14N4O3S2. The lowest BCUT2D eigenvalue weighted by molar-refractivity contribution is -0.114. The molecule has 0 aromatic carbocycles. The van der Waals surface area contributed by atoms with E-state index in [4.69, 9.17) is 10.5 Å². The average Bonchev–Trinajstić information content (AvgIpc) is 2.96. The molecule has 9 heteroatoms. The third kappa shape index (κ3) is 2.87. The summed E-state index contributed by atoms with van der Waals surface area (Å²) < 4.78 is 11.0. The SMILES string of the molecule is CCSc1nsc2nc(=O)c(/C=C3\C=CC(=O)C(OC)=C3)c(N)n12. The van der Waals surface area contributed by atoms with E-state index in [-0.39, 0.29) is 22.9 Å². The van der Waals surface area contributed by atoms with Gasteiger partial charge in [-0.15, -0.1) is 0 Å². The molecule has 1 aliphatic rings. The summed E-state index contributed by atoms with van der Waals surface area (Å²) in [6.45, 7) is 2.01. The van der Waals surface area contributed by atoms with Crippen molar-refractivity contribution in [3.05, 3.63) is 45.5 Å². The molecule has 7 nitrogen and oxygen atoms in total. The number of methoxy groups -OCH3 is 1. The van der Waals surface area contributed by atoms with Gasteiger partial charge >= 0.3 is 0 Å². The summed E-state index contributed by atoms with van der Waals surface area (Å²) in [7, 11) is 1.42. The predicted octanol–water partition coefficient (Wildman–Crippen LogP) is 1.90. The van der Waals surface area contributed by atoms with E-state index < -0.39 is 5.56 Å². The van der Waals surface area contributed by atoms with Gasteiger partial charge in [-0.3, -0.25) is 9.59 Å². The quantitative estimate of drug-likeness (QED) is 0.829. The Balaban J connectivity index is 2.16. The van der Waals surface area contributed by atoms with Crippen molar-refractivity contribution < 1.29 is 9.53 Å². The highest BCUT2D eigenvalue weighted by molar-refractivity contribution is 7.99. The van der Waals surface area contributed by atoms with Gasteiger partial charge in [0.15, 0.2) is 10.9 Å². The summed E-state index contributed by atoms with van der Waals surface area (Å²) in [6.07, 6.45) is 6.14. The molecule has 0 unspecified atom stereocenters. The highest BCUT2D eigenvalue weighted by Gasteiger charge is 2.16. The van der Waals surface area contributed by atoms with Crippen molar-refractivity contribution in [1.82, 2.24) is 13.8 Å². The van der Waals surface area contributed by atoms with Crippen molar-refractivity contribution in [3.8, 4) is 0 Å². The molecule has 1 aliphatic carbocycles. The zero-order valence-electron chi connectivity index (χ0n) is 13.0. The minimum absolute atomic E-state index is 0.205. The van der Waals surface area contributed by atoms with Crippen LogP contribution in [-0.4, -0.2) is 32.4 Å². The molecule has 2 aromatic heterocycles. The average molecular weight is 362 g/mol. The Bertz CT molecular complexity index is 969. The molecule has 0 saturated heterocycles. The van der Waals surface area contributed by atoms with Gasteiger partial charge in [0, 0.05) is 11.5 Å². The predicted molar refractivity (Wildman–Crippen MR) is 95.2 cm³/mol. The Morgan fingerprint density at radius 1 is 1.42 bits per heavy atom. The van der Waals surface area contributed by atoms with E-state index in [1.54, 1.807) is 22.6 Å². The second-order valence-electron chi connectivity index (χ2n) is 4.79. The van der Waals surface area contributed by atoms with Crippen LogP contribution in [0.5, 0.6) is 0 Å². The molecular weight excluding hydrogens is 348 g/mol. The highest BCUT2D eigenvalue weighted by Crippen LogP contribution is 2.25. The molecule has 2 aromatic rings. The number of thioether (sulfide) groups is 1. The molecule has 0 saturated carbocycles. The van der Waals surface area contributed by atoms with Gasteiger partial charge in [0.2, 0.25) is 10.7 Å². The molecule has 0 amide bonds. The number of hydrogen-bond donors (Lipinski definition) is 1. The second-order valence-corrected chi connectivity index (χ2v) is 6.75. The summed E-state index contributed by atoms with van der Waals surface area (Å²) in [6, 6.07) is 0. The molecule has 124 valence electrons. The van der Waals surface area contributed by atoms with E-state index in [9.17, 15) is 9.59 Å². The zero-order valence-corrected chi connectivity index (χ0v) is 14.6. The first-order valence-corrected chi connectivity index (χ1v) is 8.81. The van der Waals surface area contributed by atoms with Crippen LogP contribution in [0.15, 0.2) is 39.5 Å². The topological polar surface area (TPSA) is 99.6 Å². The van der Waals surface area contributed by atoms with Crippen LogP contribution in [0, 0.1) is 0 Å². The van der Waals surface area contributed by atoms with Crippen LogP contribution < -0.4 is 11.3 Å². The number of nitrogen functional groups attached to an aromatic ring is 1. The third-order valence-electron chi connectivity index (χ3n) is 3.30. The molecule has 2 N–H and O–H groups in total. The fourth-order valence-corrected chi connectivity index (χ4v) is 3.78. The van der Waals surface area contributed by atoms with Crippen LogP contribution in [0.2, 0.25) is 0 Å². The van der Waals surface area contributed by atoms with E-state index in [0.717, 1.165) is 17.3 Å². The third-order valence-corrected chi connectivity index (χ3v) is 4.94. The van der Waals surface area contributed by atoms with Crippen LogP contribution in [0.25, 0.3) is 11.0 Å². The van der Waals surface area contributed by atoms with Crippen molar-refractivity contribution in [2.45, 2.75) is 12.1 Å². The molecule has 2 heterocycles. The van der Waals surface area contributed by atoms with E-state index in [0.29, 0.717) is 15.7 Å². The maximum Gasteiger partial charge on any atom is 0.283 e. The van der Waals surface area contributed by atoms with Crippen molar-refractivity contribution in [2.24, 2.45) is 0 Å². The number of aromatic nitrogens is 3. The summed E-state index contributed by atoms with van der Waals surface area (Å²) in [5, 5.41) is 0.699. The Morgan fingerprint density at radius 3 is 2.92 bits per heavy atom. The van der Waals surface area contributed by atoms with Gasteiger partial charge in [-0.05, 0) is 29.6 Å². The minimum atomic E-state index is -0.436. The lowest BCUT2D eigenvalue weighted by atomic mass is 10.0. The molecule has 0 bridgehead atoms. The largest absolute Gasteiger partial charge is 0.493 e. The molecule has 0 spiro atoms. The van der Waals surface area contributed by atoms with Crippen molar-refractivity contribution in [2.75, 3.05) is 18.6 Å². The van der Waals surface area contributed by atoms with Gasteiger partial charge in [0.1, 0.15) is 5.82 Å². The van der Waals surface area contributed by atoms with Crippen LogP contribution in [-0.2, 0) is 9.53 Å². The molecule has 0 radical (unpaired) electrons. The molecule has 0 aliphatic heterocycles. The molecule has 3 rings (SSSR count). The maximum absolute atomic E-state index is 12.3. The standard InChI is InChI=1S/C15H14N4O3S2/c1-3-23-15-18-24-14-17-13(21)9(12(16)19(14)15)6-8-4-5-10(20)11(7-8)22-2/h4-7H,3,16H2,1-2H3/b8-6+. The zero-order chi connectivity index (χ0) is 17.3. The second kappa shape index (κ2) is 6.62. The van der Waals surface area contributed by atoms with Crippen LogP contribution in [0.4, 0.5) is 5.82 Å². The Morgan fingerprint density at radius 2 is 2.21 bits per heavy atom. The number of carbonyl (C=O) groups excluding carboxylic acids is 1. The number of carbonyl (C=O) groups is 1. The number of hydrogen-bond acceptors (Lipinski definition) is 8. The fourth-order valence-electron chi connectivity index (χ4n) is 2.19. The monoisotopic (exact) mass is 362 g/mol. The van der Waals surface area contributed by atoms with E-state index in [2.05, 4.69) is 9.36 Å². The van der Waals surface area contributed by atoms with Gasteiger partial charge in [0.05, 0.1) is 12.7 Å². The van der Waals surface area contributed by atoms with Crippen molar-refractivity contribution in [1.29, 1.82) is 0 Å². The number of nitrogens with zero attached hydrogens (tertiary/aromatic N) is 3. The number of rotatable bonds is 4. The normalized spacial score (nSPS) is 16.0. The number of anilines is 1. The fraction of sp³-hybridized carbons (Fsp3) is 0.200. The Kier molecular flexibility index (Phi) is 4.54. The van der Waals surface area contributed by atoms with Gasteiger partial charge in [-0.1, -0.05) is 24.8 Å². The van der Waals surface area contributed by atoms with Crippen LogP contribution in [0.3, 0.4) is 0 Å². The van der Waals surface area contributed by atoms with E-state index in [1.165, 1.54) is 24.9 Å². The summed E-state index contributed by atoms with van der Waals surface area (Å²) in [5.41, 5.74) is 6.65. The summed E-state index contributed by atoms with van der Waals surface area (Å²) in [5.74, 6) is 1.08. The Labute approximate surface area is 145 Å². The van der Waals surface area contributed by atoms with E-state index >= 15 is 0 Å². The maximum atomic E-state index is 12.3. The van der Waals surface area contributed by atoms with Gasteiger partial charge in [-0.25, -0.2) is 4.40 Å². The van der Waals surface area contributed by atoms with Crippen LogP contribution >= 0.6 is 23.3 Å². The summed E-state index contributed by atoms with van der Waals surface area (Å²) in [4.78, 5) is 28.4. The molecule has 24 heavy (non-hydrogen) atoms. The van der Waals surface area contributed by atoms with Crippen molar-refractivity contribution >= 4 is 45.9 Å². The number of nitrogens with two attached hydrogens (primary N) is 1. The Hall–Kier alpha value is -2.39. The highest BCUT2D eigenvalue weighted by atomic mass is 32.2. The molecule has 0 fully saturated rings. The van der Waals surface area contributed by atoms with Gasteiger partial charge in [-0.2, -0.15) is 9.36 Å². The lowest BCUT2D eigenvalue weighted by Gasteiger charge is -2.09. The van der Waals surface area contributed by atoms with Crippen molar-refractivity contribution in [3.63, 3.8) is 0 Å². The number of fused-ring (bicyclic) bond motifs is 1.